The molecule has 1 atom stereocenters. The number of hydrogen-bond donors (Lipinski definition) is 0. The highest BCUT2D eigenvalue weighted by Gasteiger charge is 2.47. The maximum absolute atomic E-state index is 12.3. The molecule has 1 unspecified atom stereocenters. The van der Waals surface area contributed by atoms with Gasteiger partial charge in [0, 0.05) is 24.1 Å². The van der Waals surface area contributed by atoms with Crippen molar-refractivity contribution in [1.29, 1.82) is 5.26 Å². The van der Waals surface area contributed by atoms with Crippen LogP contribution in [0.2, 0.25) is 0 Å². The van der Waals surface area contributed by atoms with E-state index in [1.807, 2.05) is 38.1 Å². The number of allylic oxidation sites excluding steroid dienone is 1. The smallest absolute Gasteiger partial charge is 0.178 e. The molecule has 0 bridgehead atoms. The van der Waals surface area contributed by atoms with Crippen LogP contribution in [-0.4, -0.2) is 17.9 Å². The minimum atomic E-state index is -0.812. The van der Waals surface area contributed by atoms with Crippen LogP contribution in [0.25, 0.3) is 0 Å². The number of Topliss-reactive ketones (excluding diaryl/α,β-unsaturated/α-hetero) is 1. The molecule has 114 valence electrons. The summed E-state index contributed by atoms with van der Waals surface area (Å²) in [4.78, 5) is 17.1. The van der Waals surface area contributed by atoms with Crippen LogP contribution in [0.1, 0.15) is 50.4 Å². The van der Waals surface area contributed by atoms with Gasteiger partial charge in [0.25, 0.3) is 0 Å². The summed E-state index contributed by atoms with van der Waals surface area (Å²) in [6, 6.07) is 7.97. The molecule has 1 fully saturated rings. The van der Waals surface area contributed by atoms with Crippen LogP contribution in [-0.2, 0) is 15.1 Å². The molecule has 0 N–H and O–H groups in total. The highest BCUT2D eigenvalue weighted by Crippen LogP contribution is 2.46. The van der Waals surface area contributed by atoms with Gasteiger partial charge in [0.05, 0.1) is 11.3 Å². The molecule has 0 aromatic carbocycles. The summed E-state index contributed by atoms with van der Waals surface area (Å²) in [5, 5.41) is 9.31. The minimum Gasteiger partial charge on any atom is -0.368 e. The number of carbonyl (C=O) groups is 1. The van der Waals surface area contributed by atoms with E-state index in [0.717, 1.165) is 11.4 Å². The molecule has 0 saturated heterocycles. The standard InChI is InChI=1S/C18H20N2O2/c1-17(2)11-18(22-3,9-13(10-19)16(17)21)15-6-4-5-14(20-15)12-7-8-12/h4-6,9,12H,7-8,11H2,1-3H3. The third kappa shape index (κ3) is 2.36. The zero-order valence-corrected chi connectivity index (χ0v) is 13.2. The number of ether oxygens (including phenoxy) is 1. The van der Waals surface area contributed by atoms with Crippen molar-refractivity contribution in [2.45, 2.75) is 44.6 Å². The van der Waals surface area contributed by atoms with Gasteiger partial charge < -0.3 is 4.74 Å². The molecule has 1 heterocycles. The number of aromatic nitrogens is 1. The lowest BCUT2D eigenvalue weighted by atomic mass is 9.68. The summed E-state index contributed by atoms with van der Waals surface area (Å²) < 4.78 is 5.79. The van der Waals surface area contributed by atoms with Gasteiger partial charge in [-0.25, -0.2) is 0 Å². The second-order valence-electron chi connectivity index (χ2n) is 6.88. The first-order chi connectivity index (χ1) is 10.4. The Kier molecular flexibility index (Phi) is 3.41. The first kappa shape index (κ1) is 14.9. The third-order valence-electron chi connectivity index (χ3n) is 4.63. The molecule has 0 radical (unpaired) electrons. The van der Waals surface area contributed by atoms with E-state index in [2.05, 4.69) is 0 Å². The van der Waals surface area contributed by atoms with Crippen LogP contribution < -0.4 is 0 Å². The normalized spacial score (nSPS) is 27.2. The molecule has 3 rings (SSSR count). The number of pyridine rings is 1. The molecule has 4 nitrogen and oxygen atoms in total. The van der Waals surface area contributed by atoms with Crippen molar-refractivity contribution in [1.82, 2.24) is 4.98 Å². The van der Waals surface area contributed by atoms with Crippen LogP contribution in [0.15, 0.2) is 29.8 Å². The van der Waals surface area contributed by atoms with Crippen molar-refractivity contribution >= 4 is 5.78 Å². The van der Waals surface area contributed by atoms with E-state index < -0.39 is 11.0 Å². The quantitative estimate of drug-likeness (QED) is 0.859. The summed E-state index contributed by atoms with van der Waals surface area (Å²) in [5.74, 6) is 0.424. The highest BCUT2D eigenvalue weighted by molar-refractivity contribution is 6.03. The predicted octanol–water partition coefficient (Wildman–Crippen LogP) is 3.25. The van der Waals surface area contributed by atoms with Crippen molar-refractivity contribution in [2.24, 2.45) is 5.41 Å². The number of rotatable bonds is 3. The van der Waals surface area contributed by atoms with E-state index in [1.54, 1.807) is 13.2 Å². The Morgan fingerprint density at radius 2 is 2.09 bits per heavy atom. The van der Waals surface area contributed by atoms with Crippen molar-refractivity contribution < 1.29 is 9.53 Å². The van der Waals surface area contributed by atoms with Crippen LogP contribution >= 0.6 is 0 Å². The molecule has 1 saturated carbocycles. The summed E-state index contributed by atoms with van der Waals surface area (Å²) in [6.45, 7) is 3.72. The number of hydrogen-bond acceptors (Lipinski definition) is 4. The van der Waals surface area contributed by atoms with Crippen molar-refractivity contribution in [3.63, 3.8) is 0 Å². The fourth-order valence-corrected chi connectivity index (χ4v) is 3.23. The van der Waals surface area contributed by atoms with Crippen LogP contribution in [0.3, 0.4) is 0 Å². The maximum atomic E-state index is 12.3. The van der Waals surface area contributed by atoms with Gasteiger partial charge >= 0.3 is 0 Å². The van der Waals surface area contributed by atoms with Gasteiger partial charge in [-0.1, -0.05) is 19.9 Å². The van der Waals surface area contributed by atoms with Crippen LogP contribution in [0.5, 0.6) is 0 Å². The average Bonchev–Trinajstić information content (AvgIpc) is 3.35. The highest BCUT2D eigenvalue weighted by atomic mass is 16.5. The van der Waals surface area contributed by atoms with Gasteiger partial charge in [0.15, 0.2) is 5.78 Å². The number of carbonyl (C=O) groups excluding carboxylic acids is 1. The van der Waals surface area contributed by atoms with Gasteiger partial charge in [-0.3, -0.25) is 9.78 Å². The third-order valence-corrected chi connectivity index (χ3v) is 4.63. The molecule has 1 aromatic rings. The summed E-state index contributed by atoms with van der Waals surface area (Å²) in [5.41, 5.74) is 0.570. The molecule has 22 heavy (non-hydrogen) atoms. The zero-order chi connectivity index (χ0) is 16.0. The number of nitriles is 1. The first-order valence-electron chi connectivity index (χ1n) is 7.62. The zero-order valence-electron chi connectivity index (χ0n) is 13.2. The van der Waals surface area contributed by atoms with E-state index in [9.17, 15) is 10.1 Å². The van der Waals surface area contributed by atoms with E-state index >= 15 is 0 Å². The molecular formula is C18H20N2O2. The number of ketones is 1. The Hall–Kier alpha value is -1.99. The summed E-state index contributed by atoms with van der Waals surface area (Å²) in [6.07, 6.45) is 4.50. The van der Waals surface area contributed by atoms with Crippen molar-refractivity contribution in [2.75, 3.05) is 7.11 Å². The van der Waals surface area contributed by atoms with E-state index in [4.69, 9.17) is 9.72 Å². The largest absolute Gasteiger partial charge is 0.368 e. The monoisotopic (exact) mass is 296 g/mol. The average molecular weight is 296 g/mol. The second kappa shape index (κ2) is 5.03. The Morgan fingerprint density at radius 1 is 1.36 bits per heavy atom. The van der Waals surface area contributed by atoms with E-state index in [0.29, 0.717) is 12.3 Å². The van der Waals surface area contributed by atoms with Gasteiger partial charge in [-0.2, -0.15) is 5.26 Å². The molecule has 2 aliphatic rings. The lowest BCUT2D eigenvalue weighted by molar-refractivity contribution is -0.128. The second-order valence-corrected chi connectivity index (χ2v) is 6.88. The topological polar surface area (TPSA) is 63.0 Å². The fourth-order valence-electron chi connectivity index (χ4n) is 3.23. The molecule has 1 aromatic heterocycles. The van der Waals surface area contributed by atoms with Crippen LogP contribution in [0, 0.1) is 16.7 Å². The molecule has 0 amide bonds. The number of nitrogens with zero attached hydrogens (tertiary/aromatic N) is 2. The lowest BCUT2D eigenvalue weighted by Crippen LogP contribution is -2.42. The molecule has 2 aliphatic carbocycles. The van der Waals surface area contributed by atoms with Gasteiger partial charge in [0.2, 0.25) is 0 Å². The lowest BCUT2D eigenvalue weighted by Gasteiger charge is -2.39. The maximum Gasteiger partial charge on any atom is 0.178 e. The minimum absolute atomic E-state index is 0.124. The SMILES string of the molecule is COC1(c2cccc(C3CC3)n2)C=C(C#N)C(=O)C(C)(C)C1. The van der Waals surface area contributed by atoms with Crippen LogP contribution in [0.4, 0.5) is 0 Å². The number of methoxy groups -OCH3 is 1. The Bertz CT molecular complexity index is 695. The van der Waals surface area contributed by atoms with Crippen molar-refractivity contribution in [3.05, 3.63) is 41.2 Å². The Labute approximate surface area is 130 Å². The fraction of sp³-hybridized carbons (Fsp3) is 0.500. The first-order valence-corrected chi connectivity index (χ1v) is 7.62. The summed E-state index contributed by atoms with van der Waals surface area (Å²) in [7, 11) is 1.61. The van der Waals surface area contributed by atoms with Gasteiger partial charge in [-0.05, 0) is 37.5 Å². The Morgan fingerprint density at radius 3 is 2.68 bits per heavy atom. The molecule has 4 heteroatoms. The molecular weight excluding hydrogens is 276 g/mol. The van der Waals surface area contributed by atoms with Crippen molar-refractivity contribution in [3.8, 4) is 6.07 Å². The predicted molar refractivity (Wildman–Crippen MR) is 82.0 cm³/mol. The molecule has 0 aliphatic heterocycles. The van der Waals surface area contributed by atoms with Gasteiger partial charge in [0.1, 0.15) is 11.7 Å². The van der Waals surface area contributed by atoms with E-state index in [-0.39, 0.29) is 11.4 Å². The Balaban J connectivity index is 2.12. The molecule has 0 spiro atoms. The summed E-state index contributed by atoms with van der Waals surface area (Å²) >= 11 is 0. The van der Waals surface area contributed by atoms with E-state index in [1.165, 1.54) is 12.8 Å². The van der Waals surface area contributed by atoms with Gasteiger partial charge in [-0.15, -0.1) is 0 Å².